The zero-order chi connectivity index (χ0) is 16.7. The molecule has 1 saturated carbocycles. The summed E-state index contributed by atoms with van der Waals surface area (Å²) in [5.74, 6) is -0.278. The Kier molecular flexibility index (Phi) is 7.35. The van der Waals surface area contributed by atoms with E-state index in [1.165, 1.54) is 6.42 Å². The van der Waals surface area contributed by atoms with Crippen molar-refractivity contribution in [3.8, 4) is 5.75 Å². The molecule has 1 aliphatic rings. The maximum absolute atomic E-state index is 10.2. The summed E-state index contributed by atoms with van der Waals surface area (Å²) in [7, 11) is 4.08. The van der Waals surface area contributed by atoms with Gasteiger partial charge in [-0.2, -0.15) is 0 Å². The Morgan fingerprint density at radius 3 is 2.36 bits per heavy atom. The fraction of sp³-hybridized carbons (Fsp3) is 0.588. The van der Waals surface area contributed by atoms with Gasteiger partial charge in [-0.25, -0.2) is 0 Å². The summed E-state index contributed by atoms with van der Waals surface area (Å²) >= 11 is 0. The fourth-order valence-corrected chi connectivity index (χ4v) is 3.15. The van der Waals surface area contributed by atoms with Gasteiger partial charge >= 0.3 is 0 Å². The first-order chi connectivity index (χ1) is 10.3. The first-order valence-corrected chi connectivity index (χ1v) is 7.66. The molecular formula is C17H27NO4. The van der Waals surface area contributed by atoms with Crippen LogP contribution in [0, 0.1) is 5.92 Å². The highest BCUT2D eigenvalue weighted by atomic mass is 16.4. The van der Waals surface area contributed by atoms with Gasteiger partial charge in [0.2, 0.25) is 0 Å². The minimum absolute atomic E-state index is 0.174. The van der Waals surface area contributed by atoms with Crippen molar-refractivity contribution < 1.29 is 20.1 Å². The number of hydrogen-bond acceptors (Lipinski definition) is 4. The minimum Gasteiger partial charge on any atom is -0.508 e. The van der Waals surface area contributed by atoms with E-state index in [1.54, 1.807) is 6.07 Å². The van der Waals surface area contributed by atoms with Gasteiger partial charge in [0.15, 0.2) is 0 Å². The van der Waals surface area contributed by atoms with E-state index in [2.05, 4.69) is 4.90 Å². The average Bonchev–Trinajstić information content (AvgIpc) is 2.40. The lowest BCUT2D eigenvalue weighted by Crippen LogP contribution is -2.36. The van der Waals surface area contributed by atoms with E-state index in [4.69, 9.17) is 9.90 Å². The molecule has 0 aliphatic heterocycles. The SMILES string of the molecule is CC(=O)O.CN(C)C(c1cccc(O)c1)[C@@H]1CCCC[C@@H]1O. The Balaban J connectivity index is 0.000000541. The maximum atomic E-state index is 10.2. The van der Waals surface area contributed by atoms with Gasteiger partial charge < -0.3 is 20.2 Å². The smallest absolute Gasteiger partial charge is 0.300 e. The third kappa shape index (κ3) is 5.66. The van der Waals surface area contributed by atoms with Crippen LogP contribution in [-0.2, 0) is 4.79 Å². The monoisotopic (exact) mass is 309 g/mol. The summed E-state index contributed by atoms with van der Waals surface area (Å²) in [6.07, 6.45) is 4.03. The van der Waals surface area contributed by atoms with Crippen molar-refractivity contribution in [3.63, 3.8) is 0 Å². The molecule has 1 fully saturated rings. The first-order valence-electron chi connectivity index (χ1n) is 7.66. The van der Waals surface area contributed by atoms with Crippen LogP contribution >= 0.6 is 0 Å². The molecule has 1 aliphatic carbocycles. The number of carbonyl (C=O) groups is 1. The zero-order valence-electron chi connectivity index (χ0n) is 13.6. The molecule has 2 rings (SSSR count). The van der Waals surface area contributed by atoms with Gasteiger partial charge in [0.05, 0.1) is 6.10 Å². The molecule has 0 bridgehead atoms. The molecule has 3 N–H and O–H groups in total. The number of carboxylic acid groups (broad SMARTS) is 1. The van der Waals surface area contributed by atoms with Gasteiger partial charge in [0, 0.05) is 18.9 Å². The number of carboxylic acids is 1. The number of benzene rings is 1. The second-order valence-electron chi connectivity index (χ2n) is 6.04. The number of aliphatic hydroxyl groups excluding tert-OH is 1. The fourth-order valence-electron chi connectivity index (χ4n) is 3.15. The number of aliphatic hydroxyl groups is 1. The Morgan fingerprint density at radius 2 is 1.86 bits per heavy atom. The zero-order valence-corrected chi connectivity index (χ0v) is 13.6. The first kappa shape index (κ1) is 18.5. The molecule has 5 heteroatoms. The third-order valence-electron chi connectivity index (χ3n) is 3.96. The van der Waals surface area contributed by atoms with Crippen molar-refractivity contribution in [2.75, 3.05) is 14.1 Å². The van der Waals surface area contributed by atoms with Crippen LogP contribution in [0.3, 0.4) is 0 Å². The number of phenolic OH excluding ortho intramolecular Hbond substituents is 1. The molecule has 0 aromatic heterocycles. The number of aromatic hydroxyl groups is 1. The summed E-state index contributed by atoms with van der Waals surface area (Å²) in [6.45, 7) is 1.08. The highest BCUT2D eigenvalue weighted by Crippen LogP contribution is 2.38. The lowest BCUT2D eigenvalue weighted by atomic mass is 9.78. The van der Waals surface area contributed by atoms with Crippen LogP contribution in [0.25, 0.3) is 0 Å². The van der Waals surface area contributed by atoms with Crippen molar-refractivity contribution in [2.24, 2.45) is 5.92 Å². The molecule has 0 heterocycles. The Morgan fingerprint density at radius 1 is 1.27 bits per heavy atom. The molecule has 0 spiro atoms. The van der Waals surface area contributed by atoms with Crippen LogP contribution in [0.1, 0.15) is 44.2 Å². The third-order valence-corrected chi connectivity index (χ3v) is 3.96. The summed E-state index contributed by atoms with van der Waals surface area (Å²) in [5.41, 5.74) is 1.09. The highest BCUT2D eigenvalue weighted by Gasteiger charge is 2.32. The van der Waals surface area contributed by atoms with Crippen molar-refractivity contribution >= 4 is 5.97 Å². The summed E-state index contributed by atoms with van der Waals surface area (Å²) in [6, 6.07) is 7.58. The summed E-state index contributed by atoms with van der Waals surface area (Å²) < 4.78 is 0. The Hall–Kier alpha value is -1.59. The van der Waals surface area contributed by atoms with E-state index in [0.29, 0.717) is 5.75 Å². The number of rotatable bonds is 3. The van der Waals surface area contributed by atoms with Gasteiger partial charge in [-0.1, -0.05) is 25.0 Å². The summed E-state index contributed by atoms with van der Waals surface area (Å²) in [5, 5.41) is 27.3. The lowest BCUT2D eigenvalue weighted by molar-refractivity contribution is -0.134. The van der Waals surface area contributed by atoms with E-state index in [-0.39, 0.29) is 18.1 Å². The molecule has 1 aromatic rings. The molecule has 0 radical (unpaired) electrons. The van der Waals surface area contributed by atoms with Crippen molar-refractivity contribution in [1.82, 2.24) is 4.90 Å². The molecule has 124 valence electrons. The van der Waals surface area contributed by atoms with Gasteiger partial charge in [-0.3, -0.25) is 4.79 Å². The van der Waals surface area contributed by atoms with Crippen LogP contribution in [0.4, 0.5) is 0 Å². The van der Waals surface area contributed by atoms with Crippen molar-refractivity contribution in [1.29, 1.82) is 0 Å². The summed E-state index contributed by atoms with van der Waals surface area (Å²) in [4.78, 5) is 11.1. The van der Waals surface area contributed by atoms with Gasteiger partial charge in [0.25, 0.3) is 5.97 Å². The van der Waals surface area contributed by atoms with Crippen LogP contribution in [0.2, 0.25) is 0 Å². The molecular weight excluding hydrogens is 282 g/mol. The van der Waals surface area contributed by atoms with Crippen LogP contribution in [0.5, 0.6) is 5.75 Å². The molecule has 5 nitrogen and oxygen atoms in total. The van der Waals surface area contributed by atoms with Crippen molar-refractivity contribution in [2.45, 2.75) is 44.8 Å². The predicted octanol–water partition coefficient (Wildman–Crippen LogP) is 2.64. The number of phenols is 1. The topological polar surface area (TPSA) is 81.0 Å². The van der Waals surface area contributed by atoms with Crippen molar-refractivity contribution in [3.05, 3.63) is 29.8 Å². The molecule has 1 aromatic carbocycles. The number of hydrogen-bond donors (Lipinski definition) is 3. The maximum Gasteiger partial charge on any atom is 0.300 e. The second-order valence-corrected chi connectivity index (χ2v) is 6.04. The molecule has 0 saturated heterocycles. The minimum atomic E-state index is -0.833. The van der Waals surface area contributed by atoms with Crippen LogP contribution < -0.4 is 0 Å². The predicted molar refractivity (Wildman–Crippen MR) is 85.8 cm³/mol. The molecule has 1 unspecified atom stereocenters. The van der Waals surface area contributed by atoms with Gasteiger partial charge in [-0.15, -0.1) is 0 Å². The molecule has 0 amide bonds. The van der Waals surface area contributed by atoms with Gasteiger partial charge in [-0.05, 0) is 44.6 Å². The van der Waals surface area contributed by atoms with Crippen LogP contribution in [-0.4, -0.2) is 46.4 Å². The van der Waals surface area contributed by atoms with E-state index in [1.807, 2.05) is 32.3 Å². The van der Waals surface area contributed by atoms with E-state index in [0.717, 1.165) is 31.7 Å². The number of aliphatic carboxylic acids is 1. The van der Waals surface area contributed by atoms with E-state index in [9.17, 15) is 10.2 Å². The molecule has 3 atom stereocenters. The largest absolute Gasteiger partial charge is 0.508 e. The second kappa shape index (κ2) is 8.76. The van der Waals surface area contributed by atoms with Gasteiger partial charge in [0.1, 0.15) is 5.75 Å². The standard InChI is InChI=1S/C15H23NO2.C2H4O2/c1-16(2)15(11-6-5-7-12(17)10-11)13-8-3-4-9-14(13)18;1-2(3)4/h5-7,10,13-15,17-18H,3-4,8-9H2,1-2H3;1H3,(H,3,4)/t13-,14+,15?;/m1./s1. The highest BCUT2D eigenvalue weighted by molar-refractivity contribution is 5.62. The Bertz CT molecular complexity index is 471. The van der Waals surface area contributed by atoms with E-state index >= 15 is 0 Å². The van der Waals surface area contributed by atoms with Crippen LogP contribution in [0.15, 0.2) is 24.3 Å². The van der Waals surface area contributed by atoms with E-state index < -0.39 is 5.97 Å². The average molecular weight is 309 g/mol. The lowest BCUT2D eigenvalue weighted by Gasteiger charge is -2.38. The normalized spacial score (nSPS) is 22.6. The molecule has 22 heavy (non-hydrogen) atoms. The Labute approximate surface area is 132 Å². The number of nitrogens with zero attached hydrogens (tertiary/aromatic N) is 1. The quantitative estimate of drug-likeness (QED) is 0.799.